The Hall–Kier alpha value is 0.640. The lowest BCUT2D eigenvalue weighted by Gasteiger charge is -1.99. The van der Waals surface area contributed by atoms with Crippen LogP contribution in [-0.2, 0) is 0 Å². The molecule has 0 amide bonds. The number of hydrogen-bond donors (Lipinski definition) is 0. The fourth-order valence-electron chi connectivity index (χ4n) is 1.29. The Morgan fingerprint density at radius 2 is 1.33 bits per heavy atom. The summed E-state index contributed by atoms with van der Waals surface area (Å²) in [7, 11) is 6.95. The molecule has 0 bridgehead atoms. The number of hydrogen-bond acceptors (Lipinski definition) is 1. The highest BCUT2D eigenvalue weighted by atomic mass is 35.7. The maximum Gasteiger partial charge on any atom is 0.00852 e. The third-order valence-electron chi connectivity index (χ3n) is 2.08. The number of halogens is 1. The standard InChI is InChI=1S/C10H21ClS/c1-2-3-4-5-6-7-8-9-10-12-11/h2-10H2,1H3. The zero-order valence-corrected chi connectivity index (χ0v) is 9.72. The van der Waals surface area contributed by atoms with Crippen LogP contribution in [0.15, 0.2) is 0 Å². The van der Waals surface area contributed by atoms with E-state index in [0.717, 1.165) is 5.75 Å². The molecule has 0 aliphatic carbocycles. The van der Waals surface area contributed by atoms with Gasteiger partial charge in [-0.1, -0.05) is 62.8 Å². The van der Waals surface area contributed by atoms with Gasteiger partial charge in [-0.25, -0.2) is 0 Å². The first-order chi connectivity index (χ1) is 5.91. The van der Waals surface area contributed by atoms with Crippen LogP contribution in [-0.4, -0.2) is 5.75 Å². The van der Waals surface area contributed by atoms with Gasteiger partial charge in [-0.3, -0.25) is 0 Å². The van der Waals surface area contributed by atoms with Crippen molar-refractivity contribution in [2.75, 3.05) is 5.75 Å². The summed E-state index contributed by atoms with van der Waals surface area (Å²) in [6, 6.07) is 0. The lowest BCUT2D eigenvalue weighted by atomic mass is 10.1. The van der Waals surface area contributed by atoms with E-state index in [4.69, 9.17) is 10.7 Å². The molecule has 0 atom stereocenters. The molecule has 0 aromatic carbocycles. The van der Waals surface area contributed by atoms with E-state index in [1.165, 1.54) is 62.3 Å². The van der Waals surface area contributed by atoms with Gasteiger partial charge in [-0.15, -0.1) is 0 Å². The minimum absolute atomic E-state index is 1.12. The van der Waals surface area contributed by atoms with Crippen LogP contribution in [0.1, 0.15) is 58.3 Å². The maximum absolute atomic E-state index is 5.50. The van der Waals surface area contributed by atoms with E-state index < -0.39 is 0 Å². The van der Waals surface area contributed by atoms with Crippen LogP contribution in [0.5, 0.6) is 0 Å². The van der Waals surface area contributed by atoms with Crippen LogP contribution >= 0.6 is 21.7 Å². The van der Waals surface area contributed by atoms with E-state index in [2.05, 4.69) is 6.92 Å². The number of unbranched alkanes of at least 4 members (excludes halogenated alkanes) is 7. The van der Waals surface area contributed by atoms with Crippen molar-refractivity contribution in [1.29, 1.82) is 0 Å². The molecule has 0 nitrogen and oxygen atoms in total. The summed E-state index contributed by atoms with van der Waals surface area (Å²) in [5.74, 6) is 1.12. The van der Waals surface area contributed by atoms with Crippen molar-refractivity contribution in [2.45, 2.75) is 58.3 Å². The summed E-state index contributed by atoms with van der Waals surface area (Å²) in [4.78, 5) is 0. The fraction of sp³-hybridized carbons (Fsp3) is 1.00. The molecule has 0 aromatic heterocycles. The molecule has 0 radical (unpaired) electrons. The van der Waals surface area contributed by atoms with Gasteiger partial charge in [0.25, 0.3) is 0 Å². The molecule has 0 saturated heterocycles. The summed E-state index contributed by atoms with van der Waals surface area (Å²) in [6.07, 6.45) is 11.1. The first-order valence-corrected chi connectivity index (χ1v) is 6.96. The van der Waals surface area contributed by atoms with Crippen LogP contribution < -0.4 is 0 Å². The van der Waals surface area contributed by atoms with Crippen LogP contribution in [0.25, 0.3) is 0 Å². The van der Waals surface area contributed by atoms with Crippen LogP contribution in [0.2, 0.25) is 0 Å². The molecule has 0 aliphatic heterocycles. The van der Waals surface area contributed by atoms with E-state index in [1.807, 2.05) is 0 Å². The van der Waals surface area contributed by atoms with E-state index in [1.54, 1.807) is 0 Å². The van der Waals surface area contributed by atoms with Gasteiger partial charge in [-0.05, 0) is 17.1 Å². The van der Waals surface area contributed by atoms with Gasteiger partial charge >= 0.3 is 0 Å². The Morgan fingerprint density at radius 3 is 1.83 bits per heavy atom. The first kappa shape index (κ1) is 12.6. The van der Waals surface area contributed by atoms with Crippen molar-refractivity contribution in [3.63, 3.8) is 0 Å². The highest BCUT2D eigenvalue weighted by molar-refractivity contribution is 8.21. The van der Waals surface area contributed by atoms with Gasteiger partial charge in [0, 0.05) is 5.75 Å². The summed E-state index contributed by atoms with van der Waals surface area (Å²) < 4.78 is 0. The van der Waals surface area contributed by atoms with E-state index >= 15 is 0 Å². The molecule has 0 aliphatic rings. The van der Waals surface area contributed by atoms with Crippen molar-refractivity contribution >= 4 is 21.7 Å². The molecule has 0 spiro atoms. The molecule has 0 heterocycles. The van der Waals surface area contributed by atoms with Crippen molar-refractivity contribution in [3.8, 4) is 0 Å². The zero-order valence-electron chi connectivity index (χ0n) is 8.15. The topological polar surface area (TPSA) is 0 Å². The summed E-state index contributed by atoms with van der Waals surface area (Å²) >= 11 is 0. The van der Waals surface area contributed by atoms with Crippen LogP contribution in [0.3, 0.4) is 0 Å². The SMILES string of the molecule is CCCCCCCCCCSCl. The van der Waals surface area contributed by atoms with E-state index in [-0.39, 0.29) is 0 Å². The normalized spacial score (nSPS) is 10.5. The second-order valence-electron chi connectivity index (χ2n) is 3.29. The third kappa shape index (κ3) is 10.6. The second-order valence-corrected chi connectivity index (χ2v) is 4.57. The monoisotopic (exact) mass is 208 g/mol. The lowest BCUT2D eigenvalue weighted by Crippen LogP contribution is -1.81. The quantitative estimate of drug-likeness (QED) is 0.480. The Morgan fingerprint density at radius 1 is 0.833 bits per heavy atom. The highest BCUT2D eigenvalue weighted by Gasteiger charge is 1.90. The van der Waals surface area contributed by atoms with Gasteiger partial charge in [0.05, 0.1) is 0 Å². The Kier molecular flexibility index (Phi) is 12.3. The predicted octanol–water partition coefficient (Wildman–Crippen LogP) is 5.01. The molecule has 0 fully saturated rings. The molecular formula is C10H21ClS. The molecule has 0 aromatic rings. The Labute approximate surface area is 86.0 Å². The largest absolute Gasteiger partial charge is 0.0654 e. The van der Waals surface area contributed by atoms with Gasteiger partial charge in [-0.2, -0.15) is 0 Å². The minimum atomic E-state index is 1.12. The summed E-state index contributed by atoms with van der Waals surface area (Å²) in [5.41, 5.74) is 0. The van der Waals surface area contributed by atoms with Gasteiger partial charge in [0.15, 0.2) is 0 Å². The maximum atomic E-state index is 5.50. The fourth-order valence-corrected chi connectivity index (χ4v) is 1.93. The first-order valence-electron chi connectivity index (χ1n) is 5.15. The van der Waals surface area contributed by atoms with Crippen LogP contribution in [0, 0.1) is 0 Å². The van der Waals surface area contributed by atoms with Crippen molar-refractivity contribution in [2.24, 2.45) is 0 Å². The van der Waals surface area contributed by atoms with Crippen molar-refractivity contribution in [3.05, 3.63) is 0 Å². The third-order valence-corrected chi connectivity index (χ3v) is 2.98. The molecule has 0 unspecified atom stereocenters. The predicted molar refractivity (Wildman–Crippen MR) is 60.9 cm³/mol. The molecule has 12 heavy (non-hydrogen) atoms. The molecular weight excluding hydrogens is 188 g/mol. The van der Waals surface area contributed by atoms with Gasteiger partial charge < -0.3 is 0 Å². The average molecular weight is 209 g/mol. The van der Waals surface area contributed by atoms with E-state index in [9.17, 15) is 0 Å². The summed E-state index contributed by atoms with van der Waals surface area (Å²) in [5, 5.41) is 0. The van der Waals surface area contributed by atoms with Crippen molar-refractivity contribution < 1.29 is 0 Å². The molecule has 0 rings (SSSR count). The average Bonchev–Trinajstić information content (AvgIpc) is 2.10. The molecule has 74 valence electrons. The zero-order chi connectivity index (χ0) is 9.07. The van der Waals surface area contributed by atoms with Crippen LogP contribution in [0.4, 0.5) is 0 Å². The Bertz CT molecular complexity index is 66.2. The lowest BCUT2D eigenvalue weighted by molar-refractivity contribution is 0.586. The number of rotatable bonds is 9. The Balaban J connectivity index is 2.73. The van der Waals surface area contributed by atoms with E-state index in [0.29, 0.717) is 0 Å². The molecule has 0 N–H and O–H groups in total. The second kappa shape index (κ2) is 11.6. The van der Waals surface area contributed by atoms with Gasteiger partial charge in [0.1, 0.15) is 0 Å². The summed E-state index contributed by atoms with van der Waals surface area (Å²) in [6.45, 7) is 2.26. The molecule has 2 heteroatoms. The minimum Gasteiger partial charge on any atom is -0.0654 e. The smallest absolute Gasteiger partial charge is 0.00852 e. The highest BCUT2D eigenvalue weighted by Crippen LogP contribution is 2.12. The van der Waals surface area contributed by atoms with Crippen molar-refractivity contribution in [1.82, 2.24) is 0 Å². The van der Waals surface area contributed by atoms with Gasteiger partial charge in [0.2, 0.25) is 0 Å². The molecule has 0 saturated carbocycles.